The summed E-state index contributed by atoms with van der Waals surface area (Å²) in [5.74, 6) is 0.618. The fourth-order valence-electron chi connectivity index (χ4n) is 2.52. The Morgan fingerprint density at radius 3 is 2.25 bits per heavy atom. The molecule has 0 spiro atoms. The van der Waals surface area contributed by atoms with Crippen LogP contribution in [0.3, 0.4) is 0 Å². The van der Waals surface area contributed by atoms with Crippen LogP contribution in [0.2, 0.25) is 0 Å². The first-order chi connectivity index (χ1) is 9.54. The van der Waals surface area contributed by atoms with Crippen molar-refractivity contribution in [2.24, 2.45) is 0 Å². The van der Waals surface area contributed by atoms with Gasteiger partial charge in [0.15, 0.2) is 5.43 Å². The summed E-state index contributed by atoms with van der Waals surface area (Å²) in [5.41, 5.74) is 4.84. The molecule has 0 aliphatic heterocycles. The van der Waals surface area contributed by atoms with E-state index in [2.05, 4.69) is 0 Å². The Labute approximate surface area is 117 Å². The Hall–Kier alpha value is -2.35. The van der Waals surface area contributed by atoms with Crippen molar-refractivity contribution >= 4 is 11.0 Å². The Kier molecular flexibility index (Phi) is 2.94. The first-order valence-corrected chi connectivity index (χ1v) is 6.67. The molecule has 0 saturated heterocycles. The number of aryl methyl sites for hydroxylation is 3. The van der Waals surface area contributed by atoms with Gasteiger partial charge >= 0.3 is 0 Å². The van der Waals surface area contributed by atoms with Gasteiger partial charge in [-0.1, -0.05) is 35.9 Å². The molecule has 0 radical (unpaired) electrons. The molecule has 0 amide bonds. The SMILES string of the molecule is Cc1ccc(-c2cc(=O)c3c(C)cc(C)cc3o2)cc1. The lowest BCUT2D eigenvalue weighted by Gasteiger charge is -2.06. The maximum Gasteiger partial charge on any atom is 0.193 e. The molecule has 20 heavy (non-hydrogen) atoms. The molecule has 0 fully saturated rings. The molecule has 0 N–H and O–H groups in total. The van der Waals surface area contributed by atoms with Crippen LogP contribution in [-0.4, -0.2) is 0 Å². The second-order valence-corrected chi connectivity index (χ2v) is 5.30. The quantitative estimate of drug-likeness (QED) is 0.652. The molecule has 1 heterocycles. The number of benzene rings is 2. The van der Waals surface area contributed by atoms with E-state index in [9.17, 15) is 4.79 Å². The maximum absolute atomic E-state index is 12.3. The first-order valence-electron chi connectivity index (χ1n) is 6.67. The van der Waals surface area contributed by atoms with Crippen LogP contribution in [0.25, 0.3) is 22.3 Å². The van der Waals surface area contributed by atoms with Crippen molar-refractivity contribution in [1.29, 1.82) is 0 Å². The molecule has 2 heteroatoms. The van der Waals surface area contributed by atoms with E-state index in [1.165, 1.54) is 5.56 Å². The third-order valence-electron chi connectivity index (χ3n) is 3.51. The first kappa shape index (κ1) is 12.7. The lowest BCUT2D eigenvalue weighted by atomic mass is 10.0. The highest BCUT2D eigenvalue weighted by molar-refractivity contribution is 5.82. The summed E-state index contributed by atoms with van der Waals surface area (Å²) in [5, 5.41) is 0.673. The van der Waals surface area contributed by atoms with Crippen LogP contribution in [0, 0.1) is 20.8 Å². The summed E-state index contributed by atoms with van der Waals surface area (Å²) in [4.78, 5) is 12.3. The van der Waals surface area contributed by atoms with Gasteiger partial charge in [0.1, 0.15) is 11.3 Å². The number of rotatable bonds is 1. The molecule has 0 unspecified atom stereocenters. The van der Waals surface area contributed by atoms with Crippen molar-refractivity contribution < 1.29 is 4.42 Å². The zero-order chi connectivity index (χ0) is 14.3. The van der Waals surface area contributed by atoms with E-state index in [1.807, 2.05) is 57.2 Å². The molecule has 0 atom stereocenters. The molecular weight excluding hydrogens is 248 g/mol. The fourth-order valence-corrected chi connectivity index (χ4v) is 2.52. The summed E-state index contributed by atoms with van der Waals surface area (Å²) < 4.78 is 5.93. The molecule has 3 rings (SSSR count). The Morgan fingerprint density at radius 2 is 1.55 bits per heavy atom. The van der Waals surface area contributed by atoms with Gasteiger partial charge in [0.25, 0.3) is 0 Å². The standard InChI is InChI=1S/C18H16O2/c1-11-4-6-14(7-5-11)16-10-15(19)18-13(3)8-12(2)9-17(18)20-16/h4-10H,1-3H3. The van der Waals surface area contributed by atoms with Gasteiger partial charge < -0.3 is 4.42 Å². The zero-order valence-electron chi connectivity index (χ0n) is 11.9. The van der Waals surface area contributed by atoms with Gasteiger partial charge in [-0.25, -0.2) is 0 Å². The molecule has 2 nitrogen and oxygen atoms in total. The number of hydrogen-bond donors (Lipinski definition) is 0. The maximum atomic E-state index is 12.3. The molecule has 3 aromatic rings. The minimum absolute atomic E-state index is 0.0133. The third kappa shape index (κ3) is 2.14. The number of fused-ring (bicyclic) bond motifs is 1. The van der Waals surface area contributed by atoms with E-state index < -0.39 is 0 Å². The van der Waals surface area contributed by atoms with Crippen molar-refractivity contribution in [2.45, 2.75) is 20.8 Å². The molecule has 100 valence electrons. The van der Waals surface area contributed by atoms with Crippen molar-refractivity contribution in [3.63, 3.8) is 0 Å². The van der Waals surface area contributed by atoms with Gasteiger partial charge in [-0.3, -0.25) is 4.79 Å². The van der Waals surface area contributed by atoms with Crippen LogP contribution in [0.1, 0.15) is 16.7 Å². The normalized spacial score (nSPS) is 10.9. The van der Waals surface area contributed by atoms with Gasteiger partial charge in [0.2, 0.25) is 0 Å². The zero-order valence-corrected chi connectivity index (χ0v) is 11.9. The fraction of sp³-hybridized carbons (Fsp3) is 0.167. The summed E-state index contributed by atoms with van der Waals surface area (Å²) in [7, 11) is 0. The van der Waals surface area contributed by atoms with Crippen molar-refractivity contribution in [1.82, 2.24) is 0 Å². The van der Waals surface area contributed by atoms with E-state index in [0.29, 0.717) is 16.7 Å². The second kappa shape index (κ2) is 4.64. The van der Waals surface area contributed by atoms with Crippen molar-refractivity contribution in [2.75, 3.05) is 0 Å². The van der Waals surface area contributed by atoms with Crippen LogP contribution in [0.4, 0.5) is 0 Å². The molecule has 0 saturated carbocycles. The van der Waals surface area contributed by atoms with E-state index in [1.54, 1.807) is 6.07 Å². The minimum atomic E-state index is 0.0133. The highest BCUT2D eigenvalue weighted by Gasteiger charge is 2.09. The van der Waals surface area contributed by atoms with E-state index in [-0.39, 0.29) is 5.43 Å². The van der Waals surface area contributed by atoms with Gasteiger partial charge in [0.05, 0.1) is 5.39 Å². The van der Waals surface area contributed by atoms with E-state index in [4.69, 9.17) is 4.42 Å². The Bertz CT molecular complexity index is 840. The molecule has 1 aromatic heterocycles. The average Bonchev–Trinajstić information content (AvgIpc) is 2.38. The summed E-state index contributed by atoms with van der Waals surface area (Å²) in [6, 6.07) is 13.5. The average molecular weight is 264 g/mol. The van der Waals surface area contributed by atoms with Crippen LogP contribution < -0.4 is 5.43 Å². The topological polar surface area (TPSA) is 30.2 Å². The van der Waals surface area contributed by atoms with E-state index >= 15 is 0 Å². The smallest absolute Gasteiger partial charge is 0.193 e. The highest BCUT2D eigenvalue weighted by Crippen LogP contribution is 2.24. The van der Waals surface area contributed by atoms with Crippen LogP contribution in [0.5, 0.6) is 0 Å². The second-order valence-electron chi connectivity index (χ2n) is 5.30. The van der Waals surface area contributed by atoms with Gasteiger partial charge in [0, 0.05) is 11.6 Å². The third-order valence-corrected chi connectivity index (χ3v) is 3.51. The van der Waals surface area contributed by atoms with Crippen LogP contribution in [-0.2, 0) is 0 Å². The van der Waals surface area contributed by atoms with Crippen LogP contribution >= 0.6 is 0 Å². The van der Waals surface area contributed by atoms with Gasteiger partial charge in [-0.05, 0) is 38.0 Å². The molecular formula is C18H16O2. The van der Waals surface area contributed by atoms with Crippen molar-refractivity contribution in [3.8, 4) is 11.3 Å². The predicted molar refractivity (Wildman–Crippen MR) is 82.1 cm³/mol. The van der Waals surface area contributed by atoms with Gasteiger partial charge in [-0.2, -0.15) is 0 Å². The minimum Gasteiger partial charge on any atom is -0.456 e. The molecule has 0 aliphatic carbocycles. The number of hydrogen-bond acceptors (Lipinski definition) is 2. The lowest BCUT2D eigenvalue weighted by molar-refractivity contribution is 0.618. The van der Waals surface area contributed by atoms with Crippen molar-refractivity contribution in [3.05, 3.63) is 69.4 Å². The lowest BCUT2D eigenvalue weighted by Crippen LogP contribution is -2.02. The summed E-state index contributed by atoms with van der Waals surface area (Å²) >= 11 is 0. The van der Waals surface area contributed by atoms with E-state index in [0.717, 1.165) is 16.7 Å². The largest absolute Gasteiger partial charge is 0.456 e. The van der Waals surface area contributed by atoms with Gasteiger partial charge in [-0.15, -0.1) is 0 Å². The molecule has 0 bridgehead atoms. The Morgan fingerprint density at radius 1 is 0.850 bits per heavy atom. The highest BCUT2D eigenvalue weighted by atomic mass is 16.3. The van der Waals surface area contributed by atoms with Crippen LogP contribution in [0.15, 0.2) is 51.7 Å². The molecule has 0 aliphatic rings. The monoisotopic (exact) mass is 264 g/mol. The molecule has 2 aromatic carbocycles. The predicted octanol–water partition coefficient (Wildman–Crippen LogP) is 4.39. The summed E-state index contributed by atoms with van der Waals surface area (Å²) in [6.07, 6.45) is 0. The Balaban J connectivity index is 2.29. The summed E-state index contributed by atoms with van der Waals surface area (Å²) in [6.45, 7) is 5.98.